The van der Waals surface area contributed by atoms with Crippen LogP contribution in [-0.4, -0.2) is 23.8 Å². The predicted molar refractivity (Wildman–Crippen MR) is 98.1 cm³/mol. The Morgan fingerprint density at radius 2 is 1.87 bits per heavy atom. The molecule has 1 amide bonds. The number of nitrogens with one attached hydrogen (secondary N) is 1. The molecule has 0 aliphatic heterocycles. The normalized spacial score (nSPS) is 11.2. The Morgan fingerprint density at radius 1 is 1.22 bits per heavy atom. The highest BCUT2D eigenvalue weighted by Crippen LogP contribution is 2.21. The van der Waals surface area contributed by atoms with E-state index < -0.39 is 0 Å². The third-order valence-corrected chi connectivity index (χ3v) is 4.08. The van der Waals surface area contributed by atoms with Crippen LogP contribution in [0.3, 0.4) is 0 Å². The van der Waals surface area contributed by atoms with Crippen LogP contribution in [0, 0.1) is 3.57 Å². The van der Waals surface area contributed by atoms with Crippen molar-refractivity contribution in [1.82, 2.24) is 5.43 Å². The minimum atomic E-state index is -0.282. The van der Waals surface area contributed by atoms with E-state index >= 15 is 0 Å². The Labute approximate surface area is 148 Å². The zero-order valence-electron chi connectivity index (χ0n) is 12.8. The summed E-state index contributed by atoms with van der Waals surface area (Å²) in [6.07, 6.45) is 0.658. The van der Waals surface area contributed by atoms with Gasteiger partial charge in [0, 0.05) is 5.56 Å². The van der Waals surface area contributed by atoms with Crippen molar-refractivity contribution in [2.75, 3.05) is 7.11 Å². The average Bonchev–Trinajstić information content (AvgIpc) is 2.56. The van der Waals surface area contributed by atoms with Crippen LogP contribution in [0.25, 0.3) is 0 Å². The van der Waals surface area contributed by atoms with Crippen molar-refractivity contribution in [2.24, 2.45) is 5.10 Å². The van der Waals surface area contributed by atoms with Gasteiger partial charge in [-0.2, -0.15) is 5.10 Å². The van der Waals surface area contributed by atoms with E-state index in [2.05, 4.69) is 33.1 Å². The average molecular weight is 424 g/mol. The Hall–Kier alpha value is -2.09. The van der Waals surface area contributed by atoms with Crippen molar-refractivity contribution < 1.29 is 14.6 Å². The Morgan fingerprint density at radius 3 is 2.43 bits per heavy atom. The Kier molecular flexibility index (Phi) is 5.97. The number of amides is 1. The van der Waals surface area contributed by atoms with E-state index in [1.54, 1.807) is 49.6 Å². The fraction of sp³-hybridized carbons (Fsp3) is 0.176. The highest BCUT2D eigenvalue weighted by molar-refractivity contribution is 14.1. The number of hydrazone groups is 1. The van der Waals surface area contributed by atoms with E-state index in [-0.39, 0.29) is 11.7 Å². The highest BCUT2D eigenvalue weighted by Gasteiger charge is 2.09. The maximum atomic E-state index is 12.2. The molecule has 0 unspecified atom stereocenters. The fourth-order valence-electron chi connectivity index (χ4n) is 1.99. The van der Waals surface area contributed by atoms with Crippen LogP contribution >= 0.6 is 22.6 Å². The zero-order valence-corrected chi connectivity index (χ0v) is 15.0. The molecule has 0 fully saturated rings. The summed E-state index contributed by atoms with van der Waals surface area (Å²) in [6, 6.07) is 11.9. The van der Waals surface area contributed by atoms with E-state index in [1.165, 1.54) is 0 Å². The lowest BCUT2D eigenvalue weighted by Crippen LogP contribution is -2.20. The van der Waals surface area contributed by atoms with Crippen LogP contribution in [0.4, 0.5) is 0 Å². The van der Waals surface area contributed by atoms with Gasteiger partial charge < -0.3 is 9.84 Å². The second-order valence-electron chi connectivity index (χ2n) is 4.75. The third-order valence-electron chi connectivity index (χ3n) is 3.24. The van der Waals surface area contributed by atoms with E-state index in [9.17, 15) is 9.90 Å². The zero-order chi connectivity index (χ0) is 16.8. The molecule has 0 radical (unpaired) electrons. The molecule has 0 aromatic heterocycles. The van der Waals surface area contributed by atoms with Gasteiger partial charge in [-0.25, -0.2) is 5.43 Å². The number of carbonyl (C=O) groups is 1. The molecule has 5 nitrogen and oxygen atoms in total. The second kappa shape index (κ2) is 7.96. The maximum Gasteiger partial charge on any atom is 0.271 e. The predicted octanol–water partition coefficient (Wildman–Crippen LogP) is 3.55. The standard InChI is InChI=1S/C17H17IN2O3/c1-3-15(11-4-7-13(21)8-5-11)19-20-17(22)12-6-9-16(23-2)14(18)10-12/h4-10,21H,3H2,1-2H3,(H,20,22)/b19-15-. The SMILES string of the molecule is CC/C(=N/NC(=O)c1ccc(OC)c(I)c1)c1ccc(O)cc1. The second-order valence-corrected chi connectivity index (χ2v) is 5.91. The smallest absolute Gasteiger partial charge is 0.271 e. The molecule has 0 saturated heterocycles. The van der Waals surface area contributed by atoms with E-state index in [0.717, 1.165) is 20.6 Å². The van der Waals surface area contributed by atoms with Crippen molar-refractivity contribution in [3.8, 4) is 11.5 Å². The molecule has 0 bridgehead atoms. The van der Waals surface area contributed by atoms with Crippen LogP contribution in [0.5, 0.6) is 11.5 Å². The molecular weight excluding hydrogens is 407 g/mol. The number of phenolic OH excluding ortho intramolecular Hbond substituents is 1. The molecule has 2 rings (SSSR count). The lowest BCUT2D eigenvalue weighted by atomic mass is 10.1. The van der Waals surface area contributed by atoms with Crippen molar-refractivity contribution in [1.29, 1.82) is 0 Å². The van der Waals surface area contributed by atoms with Crippen molar-refractivity contribution in [3.63, 3.8) is 0 Å². The molecule has 0 heterocycles. The van der Waals surface area contributed by atoms with Crippen LogP contribution in [0.15, 0.2) is 47.6 Å². The van der Waals surface area contributed by atoms with Gasteiger partial charge in [-0.15, -0.1) is 0 Å². The summed E-state index contributed by atoms with van der Waals surface area (Å²) in [6.45, 7) is 1.95. The van der Waals surface area contributed by atoms with Crippen LogP contribution in [-0.2, 0) is 0 Å². The maximum absolute atomic E-state index is 12.2. The fourth-order valence-corrected chi connectivity index (χ4v) is 2.73. The molecule has 120 valence electrons. The van der Waals surface area contributed by atoms with Gasteiger partial charge in [0.25, 0.3) is 5.91 Å². The molecule has 0 saturated carbocycles. The summed E-state index contributed by atoms with van der Waals surface area (Å²) < 4.78 is 6.03. The topological polar surface area (TPSA) is 70.9 Å². The molecule has 2 N–H and O–H groups in total. The summed E-state index contributed by atoms with van der Waals surface area (Å²) in [7, 11) is 1.59. The number of benzene rings is 2. The first-order valence-corrected chi connectivity index (χ1v) is 8.13. The molecule has 2 aromatic carbocycles. The molecule has 0 aliphatic rings. The monoisotopic (exact) mass is 424 g/mol. The van der Waals surface area contributed by atoms with Crippen molar-refractivity contribution >= 4 is 34.2 Å². The summed E-state index contributed by atoms with van der Waals surface area (Å²) >= 11 is 2.12. The number of phenols is 1. The number of rotatable bonds is 5. The molecule has 2 aromatic rings. The first-order valence-electron chi connectivity index (χ1n) is 7.05. The molecule has 6 heteroatoms. The van der Waals surface area contributed by atoms with Crippen LogP contribution in [0.1, 0.15) is 29.3 Å². The molecule has 0 spiro atoms. The van der Waals surface area contributed by atoms with Crippen molar-refractivity contribution in [3.05, 3.63) is 57.2 Å². The third kappa shape index (κ3) is 4.44. The number of carbonyl (C=O) groups excluding carboxylic acids is 1. The lowest BCUT2D eigenvalue weighted by Gasteiger charge is -2.07. The largest absolute Gasteiger partial charge is 0.508 e. The summed E-state index contributed by atoms with van der Waals surface area (Å²) in [5, 5.41) is 13.5. The number of hydrogen-bond acceptors (Lipinski definition) is 4. The number of halogens is 1. The van der Waals surface area contributed by atoms with Gasteiger partial charge in [0.2, 0.25) is 0 Å². The molecular formula is C17H17IN2O3. The van der Waals surface area contributed by atoms with Gasteiger partial charge in [-0.1, -0.05) is 6.92 Å². The number of hydrogen-bond donors (Lipinski definition) is 2. The number of aromatic hydroxyl groups is 1. The minimum Gasteiger partial charge on any atom is -0.508 e. The summed E-state index contributed by atoms with van der Waals surface area (Å²) in [5.41, 5.74) is 4.68. The Balaban J connectivity index is 2.15. The van der Waals surface area contributed by atoms with Gasteiger partial charge in [0.05, 0.1) is 16.4 Å². The highest BCUT2D eigenvalue weighted by atomic mass is 127. The van der Waals surface area contributed by atoms with Gasteiger partial charge >= 0.3 is 0 Å². The first-order chi connectivity index (χ1) is 11.0. The van der Waals surface area contributed by atoms with Crippen LogP contribution in [0.2, 0.25) is 0 Å². The molecule has 23 heavy (non-hydrogen) atoms. The van der Waals surface area contributed by atoms with E-state index in [4.69, 9.17) is 4.74 Å². The van der Waals surface area contributed by atoms with Gasteiger partial charge in [-0.3, -0.25) is 4.79 Å². The summed E-state index contributed by atoms with van der Waals surface area (Å²) in [4.78, 5) is 12.2. The number of ether oxygens (including phenoxy) is 1. The van der Waals surface area contributed by atoms with E-state index in [1.807, 2.05) is 6.92 Å². The number of methoxy groups -OCH3 is 1. The lowest BCUT2D eigenvalue weighted by molar-refractivity contribution is 0.0954. The Bertz CT molecular complexity index is 727. The number of nitrogens with zero attached hydrogens (tertiary/aromatic N) is 1. The quantitative estimate of drug-likeness (QED) is 0.438. The van der Waals surface area contributed by atoms with Crippen LogP contribution < -0.4 is 10.2 Å². The first kappa shape index (κ1) is 17.3. The summed E-state index contributed by atoms with van der Waals surface area (Å²) in [5.74, 6) is 0.639. The van der Waals surface area contributed by atoms with Gasteiger partial charge in [0.15, 0.2) is 0 Å². The molecule has 0 aliphatic carbocycles. The molecule has 0 atom stereocenters. The van der Waals surface area contributed by atoms with Gasteiger partial charge in [-0.05, 0) is 77.0 Å². The van der Waals surface area contributed by atoms with Crippen molar-refractivity contribution in [2.45, 2.75) is 13.3 Å². The van der Waals surface area contributed by atoms with E-state index in [0.29, 0.717) is 12.0 Å². The van der Waals surface area contributed by atoms with Gasteiger partial charge in [0.1, 0.15) is 11.5 Å². The minimum absolute atomic E-state index is 0.195.